The Morgan fingerprint density at radius 2 is 1.10 bits per heavy atom. The summed E-state index contributed by atoms with van der Waals surface area (Å²) in [7, 11) is 0. The summed E-state index contributed by atoms with van der Waals surface area (Å²) in [6.07, 6.45) is 0. The van der Waals surface area contributed by atoms with Gasteiger partial charge in [-0.3, -0.25) is 4.79 Å². The Morgan fingerprint density at radius 3 is 1.76 bits per heavy atom. The van der Waals surface area contributed by atoms with Crippen molar-refractivity contribution in [2.75, 3.05) is 0 Å². The molecule has 4 rings (SSSR count). The lowest BCUT2D eigenvalue weighted by Gasteiger charge is -2.08. The minimum atomic E-state index is 0.0388. The van der Waals surface area contributed by atoms with Crippen molar-refractivity contribution < 1.29 is 14.3 Å². The van der Waals surface area contributed by atoms with Crippen LogP contribution in [0.15, 0.2) is 84.9 Å². The molecule has 3 nitrogen and oxygen atoms in total. The fourth-order valence-electron chi connectivity index (χ4n) is 3.04. The van der Waals surface area contributed by atoms with Gasteiger partial charge in [-0.15, -0.1) is 0 Å². The summed E-state index contributed by atoms with van der Waals surface area (Å²) in [6, 6.07) is 27.4. The van der Waals surface area contributed by atoms with E-state index in [9.17, 15) is 4.79 Å². The highest BCUT2D eigenvalue weighted by atomic mass is 16.5. The molecule has 0 aliphatic rings. The summed E-state index contributed by atoms with van der Waals surface area (Å²) in [5.41, 5.74) is 3.75. The standard InChI is InChI=1S/C25H20O2.CH2O/c1-17-3-7-19(8-4-17)25(26)22-10-9-21-16-24(14-11-20(21)15-22)27-23-12-5-18(2)6-13-23;1-2/h3-16H,1-2H3;1H2. The van der Waals surface area contributed by atoms with Gasteiger partial charge in [0.25, 0.3) is 0 Å². The first kappa shape index (κ1) is 20.0. The molecule has 3 heteroatoms. The van der Waals surface area contributed by atoms with E-state index in [4.69, 9.17) is 9.53 Å². The van der Waals surface area contributed by atoms with Crippen molar-refractivity contribution in [3.63, 3.8) is 0 Å². The molecular formula is C26H22O3. The second kappa shape index (κ2) is 8.98. The highest BCUT2D eigenvalue weighted by Crippen LogP contribution is 2.27. The number of ketones is 1. The predicted molar refractivity (Wildman–Crippen MR) is 117 cm³/mol. The van der Waals surface area contributed by atoms with Crippen molar-refractivity contribution in [3.05, 3.63) is 107 Å². The van der Waals surface area contributed by atoms with Gasteiger partial charge in [-0.1, -0.05) is 65.7 Å². The first-order valence-electron chi connectivity index (χ1n) is 9.27. The average molecular weight is 382 g/mol. The van der Waals surface area contributed by atoms with Gasteiger partial charge in [0.1, 0.15) is 18.3 Å². The molecule has 4 aromatic carbocycles. The molecule has 0 amide bonds. The number of carbonyl (C=O) groups is 2. The largest absolute Gasteiger partial charge is 0.457 e. The number of aryl methyl sites for hydroxylation is 2. The molecule has 0 N–H and O–H groups in total. The molecule has 0 aromatic heterocycles. The number of benzene rings is 4. The third-order valence-electron chi connectivity index (χ3n) is 4.64. The third-order valence-corrected chi connectivity index (χ3v) is 4.64. The van der Waals surface area contributed by atoms with Crippen molar-refractivity contribution in [3.8, 4) is 11.5 Å². The average Bonchev–Trinajstić information content (AvgIpc) is 2.76. The van der Waals surface area contributed by atoms with E-state index in [0.717, 1.165) is 27.8 Å². The molecule has 0 aliphatic carbocycles. The highest BCUT2D eigenvalue weighted by molar-refractivity contribution is 6.10. The van der Waals surface area contributed by atoms with Crippen LogP contribution in [0.1, 0.15) is 27.0 Å². The second-order valence-electron chi connectivity index (χ2n) is 6.83. The molecule has 0 fully saturated rings. The molecular weight excluding hydrogens is 360 g/mol. The Balaban J connectivity index is 0.00000117. The SMILES string of the molecule is C=O.Cc1ccc(Oc2ccc3cc(C(=O)c4ccc(C)cc4)ccc3c2)cc1. The zero-order valence-electron chi connectivity index (χ0n) is 16.5. The van der Waals surface area contributed by atoms with Crippen molar-refractivity contribution in [2.24, 2.45) is 0 Å². The van der Waals surface area contributed by atoms with Crippen molar-refractivity contribution in [1.29, 1.82) is 0 Å². The van der Waals surface area contributed by atoms with Gasteiger partial charge >= 0.3 is 0 Å². The van der Waals surface area contributed by atoms with Gasteiger partial charge in [0.2, 0.25) is 0 Å². The highest BCUT2D eigenvalue weighted by Gasteiger charge is 2.10. The Morgan fingerprint density at radius 1 is 0.621 bits per heavy atom. The number of fused-ring (bicyclic) bond motifs is 1. The second-order valence-corrected chi connectivity index (χ2v) is 6.83. The molecule has 0 bridgehead atoms. The van der Waals surface area contributed by atoms with Gasteiger partial charge in [-0.2, -0.15) is 0 Å². The Labute approximate surface area is 170 Å². The van der Waals surface area contributed by atoms with Gasteiger partial charge in [0.15, 0.2) is 5.78 Å². The van der Waals surface area contributed by atoms with Gasteiger partial charge < -0.3 is 9.53 Å². The number of carbonyl (C=O) groups excluding carboxylic acids is 2. The van der Waals surface area contributed by atoms with Gasteiger partial charge in [-0.25, -0.2) is 0 Å². The summed E-state index contributed by atoms with van der Waals surface area (Å²) in [6.45, 7) is 6.07. The van der Waals surface area contributed by atoms with Crippen LogP contribution in [0, 0.1) is 13.8 Å². The third kappa shape index (κ3) is 4.77. The van der Waals surface area contributed by atoms with E-state index in [-0.39, 0.29) is 5.78 Å². The van der Waals surface area contributed by atoms with Crippen molar-refractivity contribution >= 4 is 23.3 Å². The fourth-order valence-corrected chi connectivity index (χ4v) is 3.04. The number of hydrogen-bond donors (Lipinski definition) is 0. The van der Waals surface area contributed by atoms with Gasteiger partial charge in [-0.05, 0) is 55.0 Å². The quantitative estimate of drug-likeness (QED) is 0.389. The molecule has 0 saturated heterocycles. The van der Waals surface area contributed by atoms with Gasteiger partial charge in [0.05, 0.1) is 0 Å². The summed E-state index contributed by atoms with van der Waals surface area (Å²) >= 11 is 0. The maximum atomic E-state index is 12.7. The van der Waals surface area contributed by atoms with Crippen molar-refractivity contribution in [1.82, 2.24) is 0 Å². The first-order valence-corrected chi connectivity index (χ1v) is 9.27. The fraction of sp³-hybridized carbons (Fsp3) is 0.0769. The topological polar surface area (TPSA) is 43.4 Å². The smallest absolute Gasteiger partial charge is 0.193 e. The molecule has 0 saturated carbocycles. The van der Waals surface area contributed by atoms with Crippen LogP contribution in [-0.4, -0.2) is 12.6 Å². The van der Waals surface area contributed by atoms with Crippen LogP contribution >= 0.6 is 0 Å². The van der Waals surface area contributed by atoms with Crippen LogP contribution in [0.3, 0.4) is 0 Å². The Bertz CT molecular complexity index is 1130. The normalized spacial score (nSPS) is 10.1. The molecule has 0 atom stereocenters. The van der Waals surface area contributed by atoms with Crippen LogP contribution in [0.4, 0.5) is 0 Å². The molecule has 0 unspecified atom stereocenters. The van der Waals surface area contributed by atoms with Crippen LogP contribution in [0.25, 0.3) is 10.8 Å². The molecule has 29 heavy (non-hydrogen) atoms. The zero-order valence-corrected chi connectivity index (χ0v) is 16.5. The monoisotopic (exact) mass is 382 g/mol. The van der Waals surface area contributed by atoms with Gasteiger partial charge in [0, 0.05) is 11.1 Å². The molecule has 0 radical (unpaired) electrons. The van der Waals surface area contributed by atoms with Crippen LogP contribution < -0.4 is 4.74 Å². The van der Waals surface area contributed by atoms with E-state index in [0.29, 0.717) is 11.1 Å². The lowest BCUT2D eigenvalue weighted by molar-refractivity contribution is -0.0980. The molecule has 0 heterocycles. The van der Waals surface area contributed by atoms with E-state index in [1.807, 2.05) is 98.6 Å². The van der Waals surface area contributed by atoms with Crippen LogP contribution in [-0.2, 0) is 4.79 Å². The predicted octanol–water partition coefficient (Wildman–Crippen LogP) is 6.30. The lowest BCUT2D eigenvalue weighted by atomic mass is 9.99. The van der Waals surface area contributed by atoms with Crippen LogP contribution in [0.5, 0.6) is 11.5 Å². The summed E-state index contributed by atoms with van der Waals surface area (Å²) < 4.78 is 5.93. The van der Waals surface area contributed by atoms with Crippen molar-refractivity contribution in [2.45, 2.75) is 13.8 Å². The van der Waals surface area contributed by atoms with E-state index in [2.05, 4.69) is 6.92 Å². The van der Waals surface area contributed by atoms with E-state index in [1.165, 1.54) is 5.56 Å². The zero-order chi connectivity index (χ0) is 20.8. The van der Waals surface area contributed by atoms with E-state index < -0.39 is 0 Å². The minimum Gasteiger partial charge on any atom is -0.457 e. The summed E-state index contributed by atoms with van der Waals surface area (Å²) in [5.74, 6) is 1.63. The Kier molecular flexibility index (Phi) is 6.20. The van der Waals surface area contributed by atoms with E-state index >= 15 is 0 Å². The van der Waals surface area contributed by atoms with E-state index in [1.54, 1.807) is 0 Å². The van der Waals surface area contributed by atoms with Crippen LogP contribution in [0.2, 0.25) is 0 Å². The number of hydrogen-bond acceptors (Lipinski definition) is 3. The lowest BCUT2D eigenvalue weighted by Crippen LogP contribution is -2.01. The first-order chi connectivity index (χ1) is 14.1. The molecule has 0 spiro atoms. The number of rotatable bonds is 4. The maximum absolute atomic E-state index is 12.7. The molecule has 144 valence electrons. The Hall–Kier alpha value is -3.72. The maximum Gasteiger partial charge on any atom is 0.193 e. The number of ether oxygens (including phenoxy) is 1. The summed E-state index contributed by atoms with van der Waals surface area (Å²) in [4.78, 5) is 20.7. The molecule has 4 aromatic rings. The summed E-state index contributed by atoms with van der Waals surface area (Å²) in [5, 5.41) is 2.06. The minimum absolute atomic E-state index is 0.0388. The molecule has 0 aliphatic heterocycles.